The molecule has 0 saturated carbocycles. The second-order valence-corrected chi connectivity index (χ2v) is 3.70. The Morgan fingerprint density at radius 2 is 2.15 bits per heavy atom. The Hall–Kier alpha value is -0.610. The van der Waals surface area contributed by atoms with Crippen LogP contribution in [0.1, 0.15) is 13.3 Å². The molecule has 0 aromatic heterocycles. The van der Waals surface area contributed by atoms with Crippen molar-refractivity contribution in [1.29, 1.82) is 0 Å². The van der Waals surface area contributed by atoms with Crippen molar-refractivity contribution in [3.05, 3.63) is 0 Å². The van der Waals surface area contributed by atoms with Crippen molar-refractivity contribution in [2.45, 2.75) is 31.5 Å². The fourth-order valence-corrected chi connectivity index (χ4v) is 2.01. The fraction of sp³-hybridized carbons (Fsp3) is 0.889. The Bertz CT molecular complexity index is 205. The molecule has 13 heavy (non-hydrogen) atoms. The lowest BCUT2D eigenvalue weighted by molar-refractivity contribution is -0.176. The predicted octanol–water partition coefficient (Wildman–Crippen LogP) is 0.0210. The second-order valence-electron chi connectivity index (χ2n) is 3.70. The number of rotatable bonds is 2. The molecule has 3 saturated heterocycles. The van der Waals surface area contributed by atoms with E-state index in [2.05, 4.69) is 0 Å². The minimum absolute atomic E-state index is 0.104. The first-order chi connectivity index (χ1) is 6.24. The molecule has 4 nitrogen and oxygen atoms in total. The topological polar surface area (TPSA) is 38.8 Å². The molecule has 0 N–H and O–H groups in total. The van der Waals surface area contributed by atoms with Gasteiger partial charge in [0.15, 0.2) is 0 Å². The van der Waals surface area contributed by atoms with Crippen LogP contribution >= 0.6 is 0 Å². The molecule has 3 heterocycles. The van der Waals surface area contributed by atoms with Gasteiger partial charge in [0.25, 0.3) is 5.91 Å². The number of fused-ring (bicyclic) bond motifs is 2. The lowest BCUT2D eigenvalue weighted by Crippen LogP contribution is -2.67. The average molecular weight is 185 g/mol. The Labute approximate surface area is 77.8 Å². The summed E-state index contributed by atoms with van der Waals surface area (Å²) in [5, 5.41) is 0. The lowest BCUT2D eigenvalue weighted by atomic mass is 9.91. The lowest BCUT2D eigenvalue weighted by Gasteiger charge is -2.52. The van der Waals surface area contributed by atoms with Crippen LogP contribution in [0.5, 0.6) is 0 Å². The van der Waals surface area contributed by atoms with Gasteiger partial charge in [-0.1, -0.05) is 0 Å². The summed E-state index contributed by atoms with van der Waals surface area (Å²) in [6.45, 7) is 3.18. The van der Waals surface area contributed by atoms with Gasteiger partial charge in [0, 0.05) is 7.11 Å². The van der Waals surface area contributed by atoms with Gasteiger partial charge in [-0.25, -0.2) is 0 Å². The van der Waals surface area contributed by atoms with Gasteiger partial charge in [0.05, 0.1) is 25.3 Å². The Morgan fingerprint density at radius 1 is 1.54 bits per heavy atom. The number of hydrogen-bond acceptors (Lipinski definition) is 3. The van der Waals surface area contributed by atoms with E-state index >= 15 is 0 Å². The number of amides is 1. The van der Waals surface area contributed by atoms with E-state index in [0.717, 1.165) is 6.42 Å². The van der Waals surface area contributed by atoms with E-state index in [4.69, 9.17) is 9.47 Å². The summed E-state index contributed by atoms with van der Waals surface area (Å²) in [4.78, 5) is 13.6. The minimum Gasteiger partial charge on any atom is -0.377 e. The normalized spacial score (nSPS) is 33.8. The van der Waals surface area contributed by atoms with E-state index in [-0.39, 0.29) is 12.0 Å². The summed E-state index contributed by atoms with van der Waals surface area (Å²) in [5.74, 6) is 0.104. The molecule has 74 valence electrons. The van der Waals surface area contributed by atoms with Gasteiger partial charge in [0.2, 0.25) is 0 Å². The van der Waals surface area contributed by atoms with Crippen LogP contribution in [-0.4, -0.2) is 49.3 Å². The van der Waals surface area contributed by atoms with Gasteiger partial charge in [-0.3, -0.25) is 4.79 Å². The van der Waals surface area contributed by atoms with E-state index in [0.29, 0.717) is 25.3 Å². The molecular formula is C9H15NO3. The van der Waals surface area contributed by atoms with Crippen LogP contribution in [0.4, 0.5) is 0 Å². The van der Waals surface area contributed by atoms with Gasteiger partial charge in [-0.2, -0.15) is 0 Å². The third-order valence-corrected chi connectivity index (χ3v) is 2.91. The molecule has 3 fully saturated rings. The van der Waals surface area contributed by atoms with E-state index < -0.39 is 0 Å². The molecule has 3 aliphatic rings. The highest BCUT2D eigenvalue weighted by Crippen LogP contribution is 2.31. The zero-order valence-electron chi connectivity index (χ0n) is 8.03. The van der Waals surface area contributed by atoms with Gasteiger partial charge in [-0.15, -0.1) is 0 Å². The van der Waals surface area contributed by atoms with Crippen LogP contribution in [-0.2, 0) is 14.3 Å². The minimum atomic E-state index is -0.316. The van der Waals surface area contributed by atoms with Crippen molar-refractivity contribution in [3.8, 4) is 0 Å². The molecule has 3 atom stereocenters. The van der Waals surface area contributed by atoms with Crippen molar-refractivity contribution in [3.63, 3.8) is 0 Å². The standard InChI is InChI=1S/C9H15NO3/c1-6(12-2)9(11)10-7-3-8(10)5-13-4-7/h6-8H,3-5H2,1-2H3. The molecule has 0 radical (unpaired) electrons. The van der Waals surface area contributed by atoms with Crippen molar-refractivity contribution in [2.75, 3.05) is 20.3 Å². The average Bonchev–Trinajstić information content (AvgIpc) is 2.17. The first-order valence-electron chi connectivity index (χ1n) is 4.66. The second kappa shape index (κ2) is 3.27. The van der Waals surface area contributed by atoms with Crippen LogP contribution in [0.3, 0.4) is 0 Å². The molecule has 0 aromatic carbocycles. The molecule has 3 aliphatic heterocycles. The van der Waals surface area contributed by atoms with Gasteiger partial charge < -0.3 is 14.4 Å². The first kappa shape index (κ1) is 8.97. The molecular weight excluding hydrogens is 170 g/mol. The fourth-order valence-electron chi connectivity index (χ4n) is 2.01. The van der Waals surface area contributed by atoms with E-state index in [1.165, 1.54) is 0 Å². The van der Waals surface area contributed by atoms with Crippen molar-refractivity contribution < 1.29 is 14.3 Å². The highest BCUT2D eigenvalue weighted by molar-refractivity contribution is 5.82. The number of ether oxygens (including phenoxy) is 2. The number of nitrogens with zero attached hydrogens (tertiary/aromatic N) is 1. The molecule has 3 unspecified atom stereocenters. The zero-order valence-corrected chi connectivity index (χ0v) is 8.03. The van der Waals surface area contributed by atoms with Gasteiger partial charge in [-0.05, 0) is 13.3 Å². The molecule has 0 aromatic rings. The highest BCUT2D eigenvalue weighted by atomic mass is 16.5. The van der Waals surface area contributed by atoms with Crippen molar-refractivity contribution in [1.82, 2.24) is 4.90 Å². The summed E-state index contributed by atoms with van der Waals surface area (Å²) in [6.07, 6.45) is 0.783. The SMILES string of the molecule is COC(C)C(=O)N1C2COCC1C2. The van der Waals surface area contributed by atoms with Crippen LogP contribution in [0.2, 0.25) is 0 Å². The van der Waals surface area contributed by atoms with E-state index in [1.54, 1.807) is 14.0 Å². The van der Waals surface area contributed by atoms with Crippen LogP contribution in [0, 0.1) is 0 Å². The monoisotopic (exact) mass is 185 g/mol. The van der Waals surface area contributed by atoms with Crippen LogP contribution in [0.15, 0.2) is 0 Å². The van der Waals surface area contributed by atoms with Crippen LogP contribution in [0.25, 0.3) is 0 Å². The Morgan fingerprint density at radius 3 is 2.62 bits per heavy atom. The third kappa shape index (κ3) is 1.34. The summed E-state index contributed by atoms with van der Waals surface area (Å²) in [5.41, 5.74) is 0. The molecule has 3 rings (SSSR count). The van der Waals surface area contributed by atoms with Gasteiger partial charge >= 0.3 is 0 Å². The maximum Gasteiger partial charge on any atom is 0.252 e. The number of methoxy groups -OCH3 is 1. The van der Waals surface area contributed by atoms with Gasteiger partial charge in [0.1, 0.15) is 6.10 Å². The summed E-state index contributed by atoms with van der Waals surface area (Å²) in [6, 6.07) is 0.618. The van der Waals surface area contributed by atoms with Crippen molar-refractivity contribution >= 4 is 5.91 Å². The first-order valence-corrected chi connectivity index (χ1v) is 4.66. The number of carbonyl (C=O) groups excluding carboxylic acids is 1. The maximum atomic E-state index is 11.7. The van der Waals surface area contributed by atoms with E-state index in [1.807, 2.05) is 4.90 Å². The molecule has 0 spiro atoms. The summed E-state index contributed by atoms with van der Waals surface area (Å²) < 4.78 is 10.3. The summed E-state index contributed by atoms with van der Waals surface area (Å²) in [7, 11) is 1.56. The summed E-state index contributed by atoms with van der Waals surface area (Å²) >= 11 is 0. The number of carbonyl (C=O) groups is 1. The molecule has 2 bridgehead atoms. The largest absolute Gasteiger partial charge is 0.377 e. The molecule has 1 amide bonds. The number of hydrogen-bond donors (Lipinski definition) is 0. The molecule has 0 aliphatic carbocycles. The zero-order chi connectivity index (χ0) is 9.42. The quantitative estimate of drug-likeness (QED) is 0.609. The van der Waals surface area contributed by atoms with Crippen molar-refractivity contribution in [2.24, 2.45) is 0 Å². The Balaban J connectivity index is 1.98. The Kier molecular flexibility index (Phi) is 2.26. The maximum absolute atomic E-state index is 11.7. The predicted molar refractivity (Wildman–Crippen MR) is 46.3 cm³/mol. The third-order valence-electron chi connectivity index (χ3n) is 2.91. The number of morpholine rings is 1. The highest BCUT2D eigenvalue weighted by Gasteiger charge is 2.46. The smallest absolute Gasteiger partial charge is 0.252 e. The van der Waals surface area contributed by atoms with E-state index in [9.17, 15) is 4.79 Å². The van der Waals surface area contributed by atoms with Crippen LogP contribution < -0.4 is 0 Å². The molecule has 4 heteroatoms.